The highest BCUT2D eigenvalue weighted by atomic mass is 15.3. The number of nitrogens with one attached hydrogen (secondary N) is 3. The molecule has 0 heterocycles. The molecule has 0 rings (SSSR count). The van der Waals surface area contributed by atoms with Gasteiger partial charge in [0.1, 0.15) is 0 Å². The number of nitrogens with two attached hydrogens (primary N) is 3. The van der Waals surface area contributed by atoms with Gasteiger partial charge < -0.3 is 11.1 Å². The smallest absolute Gasteiger partial charge is 0.0501 e. The van der Waals surface area contributed by atoms with Crippen LogP contribution in [0.2, 0.25) is 0 Å². The van der Waals surface area contributed by atoms with Crippen molar-refractivity contribution in [1.82, 2.24) is 16.2 Å². The van der Waals surface area contributed by atoms with E-state index in [-0.39, 0.29) is 12.1 Å². The van der Waals surface area contributed by atoms with Crippen LogP contribution in [0.25, 0.3) is 0 Å². The summed E-state index contributed by atoms with van der Waals surface area (Å²) in [6.07, 6.45) is 29.8. The topological polar surface area (TPSA) is 114 Å². The van der Waals surface area contributed by atoms with E-state index in [9.17, 15) is 0 Å². The Morgan fingerprint density at radius 1 is 0.514 bits per heavy atom. The Hall–Kier alpha value is -0.240. The highest BCUT2D eigenvalue weighted by Crippen LogP contribution is 2.16. The van der Waals surface area contributed by atoms with Crippen molar-refractivity contribution in [2.75, 3.05) is 13.1 Å². The average Bonchev–Trinajstić information content (AvgIpc) is 2.88. The fourth-order valence-electron chi connectivity index (χ4n) is 5.13. The predicted octanol–water partition coefficient (Wildman–Crippen LogP) is 6.19. The van der Waals surface area contributed by atoms with Crippen LogP contribution in [-0.4, -0.2) is 31.2 Å². The molecule has 0 aromatic carbocycles. The highest BCUT2D eigenvalue weighted by Gasteiger charge is 2.18. The van der Waals surface area contributed by atoms with Gasteiger partial charge in [-0.15, -0.1) is 0 Å². The first-order chi connectivity index (χ1) is 17.2. The molecular formula is C29H66N6. The van der Waals surface area contributed by atoms with Crippen molar-refractivity contribution >= 4 is 0 Å². The molecule has 0 aromatic heterocycles. The monoisotopic (exact) mass is 499 g/mol. The van der Waals surface area contributed by atoms with E-state index < -0.39 is 0 Å². The van der Waals surface area contributed by atoms with Crippen LogP contribution in [0.15, 0.2) is 0 Å². The molecule has 212 valence electrons. The van der Waals surface area contributed by atoms with Crippen LogP contribution in [0.5, 0.6) is 0 Å². The maximum atomic E-state index is 5.79. The van der Waals surface area contributed by atoms with Gasteiger partial charge in [0, 0.05) is 18.6 Å². The molecule has 0 aliphatic rings. The van der Waals surface area contributed by atoms with Gasteiger partial charge in [-0.05, 0) is 32.2 Å². The standard InChI is InChI=1S/C29H66N6/c1-3-5-6-7-8-9-10-11-12-13-14-15-16-17-18-20-23-27(24-21-19-22-25-30)33-26-29(35-32)28(4-2)34-31/h27-29,33-35H,3-26,30-32H2,1-2H3. The van der Waals surface area contributed by atoms with Gasteiger partial charge in [0.05, 0.1) is 6.04 Å². The number of rotatable bonds is 29. The lowest BCUT2D eigenvalue weighted by atomic mass is 9.99. The first-order valence-corrected chi connectivity index (χ1v) is 15.6. The summed E-state index contributed by atoms with van der Waals surface area (Å²) in [6.45, 7) is 6.08. The van der Waals surface area contributed by atoms with Crippen LogP contribution in [0.4, 0.5) is 0 Å². The summed E-state index contributed by atoms with van der Waals surface area (Å²) in [5.74, 6) is 11.5. The lowest BCUT2D eigenvalue weighted by molar-refractivity contribution is 0.324. The quantitative estimate of drug-likeness (QED) is 0.0416. The molecule has 0 aromatic rings. The zero-order valence-corrected chi connectivity index (χ0v) is 23.9. The Morgan fingerprint density at radius 3 is 1.29 bits per heavy atom. The molecule has 0 spiro atoms. The summed E-state index contributed by atoms with van der Waals surface area (Å²) in [5, 5.41) is 3.78. The minimum absolute atomic E-state index is 0.141. The van der Waals surface area contributed by atoms with Crippen LogP contribution in [0, 0.1) is 0 Å². The molecule has 6 nitrogen and oxygen atoms in total. The largest absolute Gasteiger partial charge is 0.330 e. The van der Waals surface area contributed by atoms with Gasteiger partial charge >= 0.3 is 0 Å². The molecule has 0 aliphatic heterocycles. The van der Waals surface area contributed by atoms with E-state index in [0.717, 1.165) is 25.9 Å². The van der Waals surface area contributed by atoms with E-state index in [1.807, 2.05) is 0 Å². The summed E-state index contributed by atoms with van der Waals surface area (Å²) in [6, 6.07) is 0.883. The average molecular weight is 499 g/mol. The van der Waals surface area contributed by atoms with E-state index >= 15 is 0 Å². The third kappa shape index (κ3) is 22.7. The number of hydrazine groups is 2. The van der Waals surface area contributed by atoms with Crippen LogP contribution in [0.1, 0.15) is 155 Å². The van der Waals surface area contributed by atoms with Gasteiger partial charge in [-0.3, -0.25) is 22.5 Å². The Bertz CT molecular complexity index is 391. The van der Waals surface area contributed by atoms with Crippen molar-refractivity contribution in [3.8, 4) is 0 Å². The first-order valence-electron chi connectivity index (χ1n) is 15.6. The van der Waals surface area contributed by atoms with Crippen LogP contribution in [0.3, 0.4) is 0 Å². The number of unbranched alkanes of at least 4 members (excludes halogenated alkanes) is 17. The van der Waals surface area contributed by atoms with Crippen molar-refractivity contribution in [3.63, 3.8) is 0 Å². The zero-order valence-electron chi connectivity index (χ0n) is 23.9. The van der Waals surface area contributed by atoms with Crippen LogP contribution in [-0.2, 0) is 0 Å². The number of hydrogen-bond donors (Lipinski definition) is 6. The van der Waals surface area contributed by atoms with E-state index in [4.69, 9.17) is 17.4 Å². The van der Waals surface area contributed by atoms with Gasteiger partial charge in [0.25, 0.3) is 0 Å². The molecule has 0 radical (unpaired) electrons. The van der Waals surface area contributed by atoms with Crippen LogP contribution < -0.4 is 33.6 Å². The minimum atomic E-state index is 0.141. The third-order valence-corrected chi connectivity index (χ3v) is 7.64. The van der Waals surface area contributed by atoms with Crippen molar-refractivity contribution in [1.29, 1.82) is 0 Å². The second kappa shape index (κ2) is 28.3. The summed E-state index contributed by atoms with van der Waals surface area (Å²) >= 11 is 0. The maximum absolute atomic E-state index is 5.79. The summed E-state index contributed by atoms with van der Waals surface area (Å²) in [7, 11) is 0. The normalized spacial score (nSPS) is 14.3. The molecule has 35 heavy (non-hydrogen) atoms. The Morgan fingerprint density at radius 2 is 0.914 bits per heavy atom. The SMILES string of the molecule is CCCCCCCCCCCCCCCCCCC(CCCCCN)NCC(NN)C(CC)NN. The molecule has 0 fully saturated rings. The van der Waals surface area contributed by atoms with Crippen molar-refractivity contribution in [3.05, 3.63) is 0 Å². The van der Waals surface area contributed by atoms with Gasteiger partial charge in [0.2, 0.25) is 0 Å². The maximum Gasteiger partial charge on any atom is 0.0501 e. The fourth-order valence-corrected chi connectivity index (χ4v) is 5.13. The van der Waals surface area contributed by atoms with Crippen molar-refractivity contribution in [2.24, 2.45) is 17.4 Å². The molecule has 3 unspecified atom stereocenters. The fraction of sp³-hybridized carbons (Fsp3) is 1.00. The molecular weight excluding hydrogens is 432 g/mol. The summed E-state index contributed by atoms with van der Waals surface area (Å²) in [5.41, 5.74) is 11.5. The first kappa shape index (κ1) is 34.8. The van der Waals surface area contributed by atoms with Crippen molar-refractivity contribution < 1.29 is 0 Å². The molecule has 0 bridgehead atoms. The van der Waals surface area contributed by atoms with E-state index in [1.54, 1.807) is 0 Å². The van der Waals surface area contributed by atoms with E-state index in [1.165, 1.54) is 128 Å². The lowest BCUT2D eigenvalue weighted by Crippen LogP contribution is -2.57. The molecule has 9 N–H and O–H groups in total. The molecule has 6 heteroatoms. The van der Waals surface area contributed by atoms with E-state index in [0.29, 0.717) is 6.04 Å². The molecule has 0 saturated carbocycles. The Kier molecular flexibility index (Phi) is 28.1. The Labute approximate surface area is 220 Å². The van der Waals surface area contributed by atoms with Gasteiger partial charge in [0.15, 0.2) is 0 Å². The van der Waals surface area contributed by atoms with Gasteiger partial charge in [-0.25, -0.2) is 0 Å². The van der Waals surface area contributed by atoms with Crippen LogP contribution >= 0.6 is 0 Å². The highest BCUT2D eigenvalue weighted by molar-refractivity contribution is 4.82. The Balaban J connectivity index is 3.82. The van der Waals surface area contributed by atoms with Crippen molar-refractivity contribution in [2.45, 2.75) is 173 Å². The third-order valence-electron chi connectivity index (χ3n) is 7.64. The molecule has 0 amide bonds. The molecule has 0 aliphatic carbocycles. The zero-order chi connectivity index (χ0) is 25.8. The summed E-state index contributed by atoms with van der Waals surface area (Å²) in [4.78, 5) is 0. The number of hydrogen-bond acceptors (Lipinski definition) is 6. The summed E-state index contributed by atoms with van der Waals surface area (Å²) < 4.78 is 0. The van der Waals surface area contributed by atoms with E-state index in [2.05, 4.69) is 30.0 Å². The lowest BCUT2D eigenvalue weighted by Gasteiger charge is -2.28. The second-order valence-electron chi connectivity index (χ2n) is 10.8. The minimum Gasteiger partial charge on any atom is -0.330 e. The van der Waals surface area contributed by atoms with Gasteiger partial charge in [-0.2, -0.15) is 0 Å². The molecule has 0 saturated heterocycles. The second-order valence-corrected chi connectivity index (χ2v) is 10.8. The predicted molar refractivity (Wildman–Crippen MR) is 156 cm³/mol. The molecule has 3 atom stereocenters. The van der Waals surface area contributed by atoms with Gasteiger partial charge in [-0.1, -0.05) is 129 Å².